The predicted octanol–water partition coefficient (Wildman–Crippen LogP) is 0.697. The van der Waals surface area contributed by atoms with Gasteiger partial charge in [0.25, 0.3) is 0 Å². The normalized spacial score (nSPS) is 21.2. The van der Waals surface area contributed by atoms with E-state index in [0.29, 0.717) is 31.6 Å². The Labute approximate surface area is 203 Å². The number of amides is 3. The monoisotopic (exact) mass is 487 g/mol. The van der Waals surface area contributed by atoms with Crippen molar-refractivity contribution >= 4 is 28.9 Å². The lowest BCUT2D eigenvalue weighted by Crippen LogP contribution is -2.44. The summed E-state index contributed by atoms with van der Waals surface area (Å²) in [5.74, 6) is -0.728. The Morgan fingerprint density at radius 2 is 2.11 bits per heavy atom. The molecule has 1 aromatic heterocycles. The number of imide groups is 1. The van der Waals surface area contributed by atoms with Gasteiger partial charge in [-0.1, -0.05) is 12.1 Å². The van der Waals surface area contributed by atoms with E-state index in [4.69, 9.17) is 9.47 Å². The summed E-state index contributed by atoms with van der Waals surface area (Å²) in [5.41, 5.74) is 2.34. The fourth-order valence-electron chi connectivity index (χ4n) is 4.96. The average Bonchev–Trinajstić information content (AvgIpc) is 3.10. The van der Waals surface area contributed by atoms with Crippen LogP contribution in [0.15, 0.2) is 23.0 Å². The van der Waals surface area contributed by atoms with E-state index in [1.54, 1.807) is 11.6 Å². The van der Waals surface area contributed by atoms with Gasteiger partial charge in [-0.05, 0) is 37.4 Å². The highest BCUT2D eigenvalue weighted by molar-refractivity contribution is 6.00. The Hall–Kier alpha value is -3.18. The zero-order valence-electron chi connectivity index (χ0n) is 20.2. The summed E-state index contributed by atoms with van der Waals surface area (Å²) in [5, 5.41) is 4.78. The number of alkyl carbamates (subject to hydrolysis) is 1. The molecule has 2 aliphatic heterocycles. The molecule has 0 saturated carbocycles. The van der Waals surface area contributed by atoms with E-state index >= 15 is 0 Å². The van der Waals surface area contributed by atoms with Crippen LogP contribution in [0.5, 0.6) is 0 Å². The van der Waals surface area contributed by atoms with Gasteiger partial charge in [0, 0.05) is 40.0 Å². The third-order valence-corrected chi connectivity index (χ3v) is 6.73. The van der Waals surface area contributed by atoms with E-state index in [1.807, 2.05) is 18.2 Å². The lowest BCUT2D eigenvalue weighted by molar-refractivity contribution is -0.135. The number of benzene rings is 1. The largest absolute Gasteiger partial charge is 0.449 e. The van der Waals surface area contributed by atoms with E-state index in [2.05, 4.69) is 15.5 Å². The van der Waals surface area contributed by atoms with Gasteiger partial charge in [0.15, 0.2) is 0 Å². The van der Waals surface area contributed by atoms with Crippen molar-refractivity contribution in [2.75, 3.05) is 39.9 Å². The van der Waals surface area contributed by atoms with Gasteiger partial charge in [-0.15, -0.1) is 0 Å². The van der Waals surface area contributed by atoms with Crippen LogP contribution >= 0.6 is 0 Å². The van der Waals surface area contributed by atoms with Crippen LogP contribution < -0.4 is 16.3 Å². The molecule has 0 bridgehead atoms. The zero-order chi connectivity index (χ0) is 24.9. The molecule has 11 heteroatoms. The summed E-state index contributed by atoms with van der Waals surface area (Å²) in [6, 6.07) is 5.11. The van der Waals surface area contributed by atoms with Crippen molar-refractivity contribution in [2.24, 2.45) is 7.05 Å². The highest BCUT2D eigenvalue weighted by Crippen LogP contribution is 2.25. The van der Waals surface area contributed by atoms with Gasteiger partial charge in [0.1, 0.15) is 6.04 Å². The third kappa shape index (κ3) is 5.57. The Morgan fingerprint density at radius 1 is 1.29 bits per heavy atom. The molecule has 190 valence electrons. The first-order valence-electron chi connectivity index (χ1n) is 12.1. The highest BCUT2D eigenvalue weighted by Gasteiger charge is 2.31. The van der Waals surface area contributed by atoms with Crippen molar-refractivity contribution in [1.82, 2.24) is 24.7 Å². The number of nitrogens with zero attached hydrogens (tertiary/aromatic N) is 3. The molecule has 1 aromatic carbocycles. The molecule has 0 radical (unpaired) electrons. The number of aromatic nitrogens is 2. The van der Waals surface area contributed by atoms with E-state index in [1.165, 1.54) is 11.6 Å². The minimum absolute atomic E-state index is 0.0280. The van der Waals surface area contributed by atoms with Crippen LogP contribution in [0, 0.1) is 0 Å². The van der Waals surface area contributed by atoms with Crippen molar-refractivity contribution in [2.45, 2.75) is 44.2 Å². The molecular formula is C24H33N5O6. The number of morpholine rings is 1. The maximum atomic E-state index is 13.1. The lowest BCUT2D eigenvalue weighted by Gasteiger charge is -2.32. The molecule has 2 aliphatic rings. The number of rotatable bonds is 8. The van der Waals surface area contributed by atoms with Gasteiger partial charge in [-0.25, -0.2) is 9.59 Å². The Balaban J connectivity index is 1.39. The van der Waals surface area contributed by atoms with Gasteiger partial charge in [-0.2, -0.15) is 0 Å². The topological polar surface area (TPSA) is 124 Å². The molecule has 3 heterocycles. The molecule has 0 spiro atoms. The van der Waals surface area contributed by atoms with Crippen LogP contribution in [0.25, 0.3) is 11.0 Å². The molecule has 2 fully saturated rings. The van der Waals surface area contributed by atoms with Crippen LogP contribution in [0.3, 0.4) is 0 Å². The number of nitrogens with one attached hydrogen (secondary N) is 2. The van der Waals surface area contributed by atoms with Crippen molar-refractivity contribution < 1.29 is 23.9 Å². The van der Waals surface area contributed by atoms with Gasteiger partial charge < -0.3 is 14.8 Å². The van der Waals surface area contributed by atoms with E-state index < -0.39 is 18.0 Å². The number of ether oxygens (including phenoxy) is 2. The van der Waals surface area contributed by atoms with Gasteiger partial charge in [-0.3, -0.25) is 28.9 Å². The minimum Gasteiger partial charge on any atom is -0.449 e. The number of carbonyl (C=O) groups is 3. The predicted molar refractivity (Wildman–Crippen MR) is 128 cm³/mol. The quantitative estimate of drug-likeness (QED) is 0.525. The Morgan fingerprint density at radius 3 is 2.89 bits per heavy atom. The molecule has 2 N–H and O–H groups in total. The van der Waals surface area contributed by atoms with Gasteiger partial charge in [0.05, 0.1) is 30.4 Å². The summed E-state index contributed by atoms with van der Waals surface area (Å²) < 4.78 is 14.0. The first-order chi connectivity index (χ1) is 16.9. The zero-order valence-corrected chi connectivity index (χ0v) is 20.2. The van der Waals surface area contributed by atoms with E-state index in [0.717, 1.165) is 43.6 Å². The summed E-state index contributed by atoms with van der Waals surface area (Å²) >= 11 is 0. The molecule has 0 aliphatic carbocycles. The third-order valence-electron chi connectivity index (χ3n) is 6.73. The summed E-state index contributed by atoms with van der Waals surface area (Å²) in [7, 11) is 3.26. The average molecular weight is 488 g/mol. The molecule has 4 rings (SSSR count). The first kappa shape index (κ1) is 24.9. The fraction of sp³-hybridized carbons (Fsp3) is 0.583. The van der Waals surface area contributed by atoms with Crippen molar-refractivity contribution in [3.63, 3.8) is 0 Å². The van der Waals surface area contributed by atoms with Crippen LogP contribution in [0.2, 0.25) is 0 Å². The SMILES string of the molecule is CNC(=O)OCC[C@@H]1CN(CCCc2cccc3c2n(C)c(=O)n3C2CCC(=O)NC2=O)CCO1. The number of carbonyl (C=O) groups excluding carboxylic acids is 3. The number of para-hydroxylation sites is 1. The number of aryl methyl sites for hydroxylation is 2. The molecule has 11 nitrogen and oxygen atoms in total. The molecule has 2 aromatic rings. The first-order valence-corrected chi connectivity index (χ1v) is 12.1. The van der Waals surface area contributed by atoms with Gasteiger partial charge in [0.2, 0.25) is 11.8 Å². The molecule has 35 heavy (non-hydrogen) atoms. The number of hydrogen-bond donors (Lipinski definition) is 2. The fourth-order valence-corrected chi connectivity index (χ4v) is 4.96. The van der Waals surface area contributed by atoms with Crippen molar-refractivity contribution in [3.05, 3.63) is 34.2 Å². The second-order valence-electron chi connectivity index (χ2n) is 9.03. The smallest absolute Gasteiger partial charge is 0.406 e. The summed E-state index contributed by atoms with van der Waals surface area (Å²) in [6.45, 7) is 3.48. The van der Waals surface area contributed by atoms with E-state index in [9.17, 15) is 19.2 Å². The minimum atomic E-state index is -0.684. The maximum absolute atomic E-state index is 13.1. The molecule has 2 atom stereocenters. The second kappa shape index (κ2) is 11.0. The Kier molecular flexibility index (Phi) is 7.86. The molecule has 1 unspecified atom stereocenters. The number of hydrogen-bond acceptors (Lipinski definition) is 7. The Bertz CT molecular complexity index is 1160. The number of fused-ring (bicyclic) bond motifs is 1. The van der Waals surface area contributed by atoms with Crippen molar-refractivity contribution in [3.8, 4) is 0 Å². The lowest BCUT2D eigenvalue weighted by atomic mass is 10.0. The van der Waals surface area contributed by atoms with Crippen molar-refractivity contribution in [1.29, 1.82) is 0 Å². The summed E-state index contributed by atoms with van der Waals surface area (Å²) in [4.78, 5) is 50.6. The standard InChI is InChI=1S/C24H33N5O6/c1-25-23(32)35-13-10-17-15-28(12-14-34-17)11-4-6-16-5-3-7-18-21(16)27(2)24(33)29(18)19-8-9-20(30)26-22(19)31/h3,5,7,17,19H,4,6,8-15H2,1-2H3,(H,25,32)(H,26,30,31)/t17-,19?/m1/s1. The molecular weight excluding hydrogens is 454 g/mol. The molecule has 3 amide bonds. The number of piperidine rings is 1. The van der Waals surface area contributed by atoms with E-state index in [-0.39, 0.29) is 24.1 Å². The highest BCUT2D eigenvalue weighted by atomic mass is 16.5. The maximum Gasteiger partial charge on any atom is 0.406 e. The molecule has 2 saturated heterocycles. The van der Waals surface area contributed by atoms with Crippen LogP contribution in [-0.4, -0.2) is 77.9 Å². The summed E-state index contributed by atoms with van der Waals surface area (Å²) in [6.07, 6.45) is 2.47. The second-order valence-corrected chi connectivity index (χ2v) is 9.03. The number of imidazole rings is 1. The van der Waals surface area contributed by atoms with Crippen LogP contribution in [0.4, 0.5) is 4.79 Å². The van der Waals surface area contributed by atoms with Gasteiger partial charge >= 0.3 is 11.8 Å². The van der Waals surface area contributed by atoms with Crippen LogP contribution in [-0.2, 0) is 32.5 Å². The van der Waals surface area contributed by atoms with Crippen LogP contribution in [0.1, 0.15) is 37.3 Å².